The van der Waals surface area contributed by atoms with Gasteiger partial charge in [-0.05, 0) is 26.3 Å². The summed E-state index contributed by atoms with van der Waals surface area (Å²) < 4.78 is 11.1. The molecule has 2 fully saturated rings. The number of rotatable bonds is 11. The molecule has 1 atom stereocenters. The Hall–Kier alpha value is -0.890. The minimum Gasteiger partial charge on any atom is -0.381 e. The fourth-order valence-corrected chi connectivity index (χ4v) is 3.33. The Balaban J connectivity index is 1.52. The van der Waals surface area contributed by atoms with Crippen molar-refractivity contribution >= 4 is 5.96 Å². The van der Waals surface area contributed by atoms with Crippen LogP contribution in [0.1, 0.15) is 26.7 Å². The van der Waals surface area contributed by atoms with Crippen molar-refractivity contribution in [3.8, 4) is 0 Å². The number of hydrogen-bond donors (Lipinski definition) is 2. The molecule has 2 N–H and O–H groups in total. The molecule has 2 heterocycles. The van der Waals surface area contributed by atoms with Crippen LogP contribution >= 0.6 is 0 Å². The van der Waals surface area contributed by atoms with Gasteiger partial charge in [0.15, 0.2) is 5.96 Å². The van der Waals surface area contributed by atoms with Crippen molar-refractivity contribution in [3.05, 3.63) is 0 Å². The summed E-state index contributed by atoms with van der Waals surface area (Å²) in [4.78, 5) is 9.70. The van der Waals surface area contributed by atoms with Crippen molar-refractivity contribution in [2.24, 2.45) is 10.9 Å². The number of nitrogens with zero attached hydrogens (tertiary/aromatic N) is 3. The van der Waals surface area contributed by atoms with Crippen LogP contribution in [-0.4, -0.2) is 101 Å². The van der Waals surface area contributed by atoms with Crippen LogP contribution in [0.15, 0.2) is 4.99 Å². The molecular weight excluding hydrogens is 330 g/mol. The van der Waals surface area contributed by atoms with Gasteiger partial charge in [-0.15, -0.1) is 0 Å². The molecule has 0 saturated carbocycles. The van der Waals surface area contributed by atoms with Gasteiger partial charge in [0.05, 0.1) is 13.2 Å². The first-order valence-electron chi connectivity index (χ1n) is 10.4. The van der Waals surface area contributed by atoms with E-state index in [9.17, 15) is 0 Å². The average molecular weight is 370 g/mol. The number of hydrogen-bond acceptors (Lipinski definition) is 5. The molecule has 0 aromatic carbocycles. The highest BCUT2D eigenvalue weighted by Gasteiger charge is 2.15. The van der Waals surface area contributed by atoms with E-state index in [2.05, 4.69) is 39.3 Å². The van der Waals surface area contributed by atoms with Gasteiger partial charge in [-0.1, -0.05) is 6.92 Å². The van der Waals surface area contributed by atoms with Crippen LogP contribution in [0.25, 0.3) is 0 Å². The van der Waals surface area contributed by atoms with E-state index in [-0.39, 0.29) is 0 Å². The van der Waals surface area contributed by atoms with Gasteiger partial charge in [0, 0.05) is 71.5 Å². The predicted octanol–water partition coefficient (Wildman–Crippen LogP) is 0.622. The van der Waals surface area contributed by atoms with E-state index in [0.717, 1.165) is 71.4 Å². The molecule has 0 aliphatic carbocycles. The summed E-state index contributed by atoms with van der Waals surface area (Å²) >= 11 is 0. The molecule has 0 spiro atoms. The fourth-order valence-electron chi connectivity index (χ4n) is 3.33. The van der Waals surface area contributed by atoms with E-state index in [1.165, 1.54) is 32.7 Å². The molecular formula is C19H39N5O2. The van der Waals surface area contributed by atoms with Crippen LogP contribution in [0.3, 0.4) is 0 Å². The summed E-state index contributed by atoms with van der Waals surface area (Å²) in [6.45, 7) is 17.3. The van der Waals surface area contributed by atoms with Crippen LogP contribution in [-0.2, 0) is 9.47 Å². The van der Waals surface area contributed by atoms with Gasteiger partial charge < -0.3 is 25.0 Å². The number of ether oxygens (including phenoxy) is 2. The van der Waals surface area contributed by atoms with E-state index < -0.39 is 0 Å². The van der Waals surface area contributed by atoms with Crippen LogP contribution in [0, 0.1) is 5.92 Å². The minimum absolute atomic E-state index is 0.594. The van der Waals surface area contributed by atoms with Gasteiger partial charge in [-0.3, -0.25) is 9.89 Å². The van der Waals surface area contributed by atoms with Gasteiger partial charge >= 0.3 is 0 Å². The van der Waals surface area contributed by atoms with Crippen molar-refractivity contribution in [2.45, 2.75) is 26.7 Å². The van der Waals surface area contributed by atoms with E-state index >= 15 is 0 Å². The van der Waals surface area contributed by atoms with Gasteiger partial charge in [0.25, 0.3) is 0 Å². The van der Waals surface area contributed by atoms with Crippen LogP contribution in [0.5, 0.6) is 0 Å². The topological polar surface area (TPSA) is 61.4 Å². The fraction of sp³-hybridized carbons (Fsp3) is 0.947. The van der Waals surface area contributed by atoms with Gasteiger partial charge in [-0.25, -0.2) is 0 Å². The van der Waals surface area contributed by atoms with Crippen LogP contribution in [0.2, 0.25) is 0 Å². The zero-order valence-corrected chi connectivity index (χ0v) is 16.8. The molecule has 0 radical (unpaired) electrons. The lowest BCUT2D eigenvalue weighted by molar-refractivity contribution is 0.0893. The van der Waals surface area contributed by atoms with Crippen LogP contribution < -0.4 is 10.6 Å². The third-order valence-electron chi connectivity index (χ3n) is 5.07. The van der Waals surface area contributed by atoms with E-state index in [1.807, 2.05) is 0 Å². The second-order valence-electron chi connectivity index (χ2n) is 7.12. The molecule has 7 heteroatoms. The third kappa shape index (κ3) is 8.66. The Morgan fingerprint density at radius 1 is 1.15 bits per heavy atom. The summed E-state index contributed by atoms with van der Waals surface area (Å²) in [6, 6.07) is 0. The van der Waals surface area contributed by atoms with E-state index in [1.54, 1.807) is 0 Å². The summed E-state index contributed by atoms with van der Waals surface area (Å²) in [6.07, 6.45) is 2.10. The number of aliphatic imine (C=N–C) groups is 1. The molecule has 152 valence electrons. The smallest absolute Gasteiger partial charge is 0.191 e. The maximum atomic E-state index is 5.74. The monoisotopic (exact) mass is 369 g/mol. The largest absolute Gasteiger partial charge is 0.381 e. The molecule has 1 unspecified atom stereocenters. The number of guanidine groups is 1. The van der Waals surface area contributed by atoms with Gasteiger partial charge in [0.1, 0.15) is 0 Å². The first kappa shape index (κ1) is 21.4. The number of piperazine rings is 1. The SMILES string of the molecule is CCNC(=NCCCOCC1CCOC1)NCCN1CCN(CC)CC1. The lowest BCUT2D eigenvalue weighted by Crippen LogP contribution is -2.49. The summed E-state index contributed by atoms with van der Waals surface area (Å²) in [5.41, 5.74) is 0. The standard InChI is InChI=1S/C19H39N5O2/c1-3-20-19(21-7-5-14-25-16-18-6-15-26-17-18)22-8-9-24-12-10-23(4-2)11-13-24/h18H,3-17H2,1-2H3,(H2,20,21,22). The van der Waals surface area contributed by atoms with Crippen LogP contribution in [0.4, 0.5) is 0 Å². The summed E-state index contributed by atoms with van der Waals surface area (Å²) in [5.74, 6) is 1.51. The maximum absolute atomic E-state index is 5.74. The quantitative estimate of drug-likeness (QED) is 0.316. The Labute approximate surface area is 159 Å². The molecule has 0 aromatic heterocycles. The molecule has 0 bridgehead atoms. The second-order valence-corrected chi connectivity index (χ2v) is 7.12. The highest BCUT2D eigenvalue weighted by atomic mass is 16.5. The van der Waals surface area contributed by atoms with Crippen molar-refractivity contribution in [2.75, 3.05) is 85.3 Å². The van der Waals surface area contributed by atoms with Crippen molar-refractivity contribution in [1.82, 2.24) is 20.4 Å². The predicted molar refractivity (Wildman–Crippen MR) is 107 cm³/mol. The lowest BCUT2D eigenvalue weighted by atomic mass is 10.1. The Morgan fingerprint density at radius 3 is 2.65 bits per heavy atom. The highest BCUT2D eigenvalue weighted by Crippen LogP contribution is 2.12. The maximum Gasteiger partial charge on any atom is 0.191 e. The zero-order valence-electron chi connectivity index (χ0n) is 16.8. The number of likely N-dealkylation sites (N-methyl/N-ethyl adjacent to an activating group) is 1. The molecule has 2 aliphatic rings. The summed E-state index contributed by atoms with van der Waals surface area (Å²) in [7, 11) is 0. The summed E-state index contributed by atoms with van der Waals surface area (Å²) in [5, 5.41) is 6.78. The second kappa shape index (κ2) is 13.3. The zero-order chi connectivity index (χ0) is 18.5. The molecule has 0 amide bonds. The molecule has 2 rings (SSSR count). The Kier molecular flexibility index (Phi) is 11.0. The molecule has 26 heavy (non-hydrogen) atoms. The Morgan fingerprint density at radius 2 is 1.96 bits per heavy atom. The van der Waals surface area contributed by atoms with Crippen molar-refractivity contribution in [1.29, 1.82) is 0 Å². The van der Waals surface area contributed by atoms with Gasteiger partial charge in [-0.2, -0.15) is 0 Å². The van der Waals surface area contributed by atoms with E-state index in [0.29, 0.717) is 5.92 Å². The third-order valence-corrected chi connectivity index (χ3v) is 5.07. The van der Waals surface area contributed by atoms with Crippen molar-refractivity contribution < 1.29 is 9.47 Å². The average Bonchev–Trinajstić information content (AvgIpc) is 3.18. The van der Waals surface area contributed by atoms with Crippen molar-refractivity contribution in [3.63, 3.8) is 0 Å². The molecule has 2 saturated heterocycles. The normalized spacial score (nSPS) is 22.7. The minimum atomic E-state index is 0.594. The lowest BCUT2D eigenvalue weighted by Gasteiger charge is -2.34. The molecule has 7 nitrogen and oxygen atoms in total. The molecule has 2 aliphatic heterocycles. The highest BCUT2D eigenvalue weighted by molar-refractivity contribution is 5.79. The number of nitrogens with one attached hydrogen (secondary N) is 2. The van der Waals surface area contributed by atoms with Gasteiger partial charge in [0.2, 0.25) is 0 Å². The Bertz CT molecular complexity index is 380. The first-order valence-corrected chi connectivity index (χ1v) is 10.4. The first-order chi connectivity index (χ1) is 12.8. The van der Waals surface area contributed by atoms with E-state index in [4.69, 9.17) is 9.47 Å². The molecule has 0 aromatic rings.